The van der Waals surface area contributed by atoms with E-state index in [1.165, 1.54) is 0 Å². The van der Waals surface area contributed by atoms with Gasteiger partial charge in [-0.1, -0.05) is 33.1 Å². The number of aliphatic hydroxyl groups excluding tert-OH is 22. The van der Waals surface area contributed by atoms with E-state index < -0.39 is 252 Å². The predicted molar refractivity (Wildman–Crippen MR) is 295 cm³/mol. The second-order valence-electron chi connectivity index (χ2n) is 25.6. The molecule has 0 spiro atoms. The normalized spacial score (nSPS) is 44.8. The largest absolute Gasteiger partial charge is 0.506 e. The van der Waals surface area contributed by atoms with E-state index in [9.17, 15) is 112 Å². The van der Waals surface area contributed by atoms with Crippen LogP contribution < -0.4 is 0 Å². The van der Waals surface area contributed by atoms with E-state index in [4.69, 9.17) is 47.4 Å². The van der Waals surface area contributed by atoms with Gasteiger partial charge in [-0.2, -0.15) is 0 Å². The minimum atomic E-state index is -2.67. The second kappa shape index (κ2) is 31.7. The van der Waals surface area contributed by atoms with Crippen LogP contribution in [0.1, 0.15) is 104 Å². The van der Waals surface area contributed by atoms with Crippen molar-refractivity contribution in [3.05, 3.63) is 23.0 Å². The Morgan fingerprint density at radius 1 is 0.467 bits per heavy atom. The van der Waals surface area contributed by atoms with Crippen molar-refractivity contribution < 1.29 is 165 Å². The van der Waals surface area contributed by atoms with E-state index >= 15 is 4.79 Å². The first-order chi connectivity index (χ1) is 42.5. The average molecular weight is 1310 g/mol. The Labute approximate surface area is 518 Å². The molecule has 4 saturated heterocycles. The number of esters is 1. The molecule has 26 unspecified atom stereocenters. The van der Waals surface area contributed by atoms with E-state index in [1.807, 2.05) is 0 Å². The molecule has 0 aromatic rings. The molecule has 522 valence electrons. The van der Waals surface area contributed by atoms with Gasteiger partial charge < -0.3 is 160 Å². The summed E-state index contributed by atoms with van der Waals surface area (Å²) in [6.07, 6.45) is -44.4. The fourth-order valence-electron chi connectivity index (χ4n) is 14.6. The van der Waals surface area contributed by atoms with Gasteiger partial charge in [-0.3, -0.25) is 4.79 Å². The molecule has 0 aromatic heterocycles. The van der Waals surface area contributed by atoms with Gasteiger partial charge in [0.05, 0.1) is 37.9 Å². The minimum Gasteiger partial charge on any atom is -0.506 e. The van der Waals surface area contributed by atoms with Crippen LogP contribution in [0, 0.1) is 28.1 Å². The van der Waals surface area contributed by atoms with Crippen molar-refractivity contribution >= 4 is 5.97 Å². The molecule has 3 aliphatic carbocycles. The summed E-state index contributed by atoms with van der Waals surface area (Å²) in [6, 6.07) is 0. The summed E-state index contributed by atoms with van der Waals surface area (Å²) >= 11 is 0. The molecule has 0 amide bonds. The van der Waals surface area contributed by atoms with Crippen molar-refractivity contribution in [3.63, 3.8) is 0 Å². The molecular weight excluding hydrogens is 1210 g/mol. The van der Waals surface area contributed by atoms with Crippen LogP contribution >= 0.6 is 0 Å². The van der Waals surface area contributed by atoms with E-state index in [1.54, 1.807) is 6.92 Å². The average Bonchev–Trinajstić information content (AvgIpc) is 0.807. The molecule has 33 nitrogen and oxygen atoms in total. The maximum Gasteiger partial charge on any atom is 0.314 e. The van der Waals surface area contributed by atoms with Gasteiger partial charge in [0.1, 0.15) is 104 Å². The molecule has 3 saturated carbocycles. The lowest BCUT2D eigenvalue weighted by molar-refractivity contribution is -0.392. The van der Waals surface area contributed by atoms with Gasteiger partial charge in [-0.05, 0) is 81.0 Å². The van der Waals surface area contributed by atoms with Crippen molar-refractivity contribution in [2.24, 2.45) is 28.1 Å². The smallest absolute Gasteiger partial charge is 0.314 e. The fraction of sp³-hybridized carbons (Fsp3) is 0.912. The zero-order valence-electron chi connectivity index (χ0n) is 50.4. The van der Waals surface area contributed by atoms with Gasteiger partial charge in [-0.15, -0.1) is 0 Å². The van der Waals surface area contributed by atoms with Crippen LogP contribution in [-0.2, 0) is 52.2 Å². The van der Waals surface area contributed by atoms with Crippen molar-refractivity contribution in [3.8, 4) is 0 Å². The first-order valence-electron chi connectivity index (χ1n) is 30.7. The van der Waals surface area contributed by atoms with Gasteiger partial charge in [0.15, 0.2) is 36.0 Å². The summed E-state index contributed by atoms with van der Waals surface area (Å²) in [4.78, 5) is 15.1. The molecular formula is C57H96O33. The third-order valence-corrected chi connectivity index (χ3v) is 19.7. The van der Waals surface area contributed by atoms with Gasteiger partial charge in [0.25, 0.3) is 6.29 Å². The summed E-state index contributed by atoms with van der Waals surface area (Å²) in [5, 5.41) is 236. The summed E-state index contributed by atoms with van der Waals surface area (Å²) in [7, 11) is 0. The number of aliphatic hydroxyl groups is 22. The SMILES string of the molecule is C[C@@]12CCCCC(OC(O)/C(OC3OC(CO)C(O)C(O)C3O)=C(/O)C(O)CCO)CC[C@H]1[C@]1(C)CCC[C@@](C)(C(=O)OC(O)/C(OC3OC(CO)C(O)C(O)C3OC3OC(CO)C(O)C(O)C3OC3OC(CO)C(O)C(O)C3O)=C(/O)C(O)CCO)C1CC2. The van der Waals surface area contributed by atoms with Crippen molar-refractivity contribution in [2.45, 2.75) is 258 Å². The van der Waals surface area contributed by atoms with E-state index in [0.717, 1.165) is 6.42 Å². The molecule has 90 heavy (non-hydrogen) atoms. The molecule has 7 aliphatic rings. The Kier molecular flexibility index (Phi) is 26.3. The van der Waals surface area contributed by atoms with Crippen LogP contribution in [0.3, 0.4) is 0 Å². The molecule has 0 radical (unpaired) electrons. The molecule has 30 atom stereocenters. The maximum atomic E-state index is 15.1. The van der Waals surface area contributed by atoms with Crippen LogP contribution in [0.5, 0.6) is 0 Å². The molecule has 22 N–H and O–H groups in total. The Hall–Kier alpha value is -2.93. The van der Waals surface area contributed by atoms with Crippen LogP contribution in [0.2, 0.25) is 0 Å². The highest BCUT2D eigenvalue weighted by atomic mass is 16.8. The molecule has 7 fully saturated rings. The van der Waals surface area contributed by atoms with Gasteiger partial charge in [0.2, 0.25) is 24.6 Å². The Morgan fingerprint density at radius 2 is 0.922 bits per heavy atom. The quantitative estimate of drug-likeness (QED) is 0.0243. The Bertz CT molecular complexity index is 2330. The molecule has 7 rings (SSSR count). The van der Waals surface area contributed by atoms with Crippen LogP contribution in [-0.4, -0.2) is 312 Å². The predicted octanol–water partition coefficient (Wildman–Crippen LogP) is -6.56. The number of fused-ring (bicyclic) bond motifs is 3. The Morgan fingerprint density at radius 3 is 1.46 bits per heavy atom. The highest BCUT2D eigenvalue weighted by Gasteiger charge is 2.63. The first-order valence-corrected chi connectivity index (χ1v) is 30.7. The van der Waals surface area contributed by atoms with E-state index in [-0.39, 0.29) is 24.2 Å². The number of hydrogen-bond acceptors (Lipinski definition) is 33. The van der Waals surface area contributed by atoms with Crippen molar-refractivity contribution in [2.75, 3.05) is 39.6 Å². The first kappa shape index (κ1) is 74.5. The topological polar surface area (TPSA) is 554 Å². The lowest BCUT2D eigenvalue weighted by Crippen LogP contribution is -2.67. The zero-order chi connectivity index (χ0) is 66.5. The lowest BCUT2D eigenvalue weighted by atomic mass is 9.42. The van der Waals surface area contributed by atoms with Gasteiger partial charge in [-0.25, -0.2) is 0 Å². The van der Waals surface area contributed by atoms with E-state index in [0.29, 0.717) is 51.4 Å². The molecule has 4 heterocycles. The zero-order valence-corrected chi connectivity index (χ0v) is 50.4. The number of hydrogen-bond donors (Lipinski definition) is 22. The van der Waals surface area contributed by atoms with Gasteiger partial charge >= 0.3 is 5.97 Å². The van der Waals surface area contributed by atoms with E-state index in [2.05, 4.69) is 13.8 Å². The molecule has 33 heteroatoms. The highest BCUT2D eigenvalue weighted by Crippen LogP contribution is 2.67. The third-order valence-electron chi connectivity index (χ3n) is 19.7. The highest BCUT2D eigenvalue weighted by molar-refractivity contribution is 5.77. The van der Waals surface area contributed by atoms with Crippen LogP contribution in [0.4, 0.5) is 0 Å². The Balaban J connectivity index is 1.13. The second-order valence-corrected chi connectivity index (χ2v) is 25.6. The van der Waals surface area contributed by atoms with Crippen LogP contribution in [0.15, 0.2) is 23.0 Å². The summed E-state index contributed by atoms with van der Waals surface area (Å²) in [6.45, 7) is 0.691. The third kappa shape index (κ3) is 15.6. The maximum absolute atomic E-state index is 15.1. The number of ether oxygens (including phenoxy) is 10. The minimum absolute atomic E-state index is 0.173. The summed E-state index contributed by atoms with van der Waals surface area (Å²) < 4.78 is 57.7. The van der Waals surface area contributed by atoms with Crippen LogP contribution in [0.25, 0.3) is 0 Å². The number of rotatable bonds is 24. The monoisotopic (exact) mass is 1310 g/mol. The molecule has 0 aromatic carbocycles. The van der Waals surface area contributed by atoms with Gasteiger partial charge in [0, 0.05) is 26.1 Å². The summed E-state index contributed by atoms with van der Waals surface area (Å²) in [5.74, 6) is -5.95. The molecule has 0 bridgehead atoms. The lowest BCUT2D eigenvalue weighted by Gasteiger charge is -2.62. The van der Waals surface area contributed by atoms with Crippen molar-refractivity contribution in [1.82, 2.24) is 0 Å². The summed E-state index contributed by atoms with van der Waals surface area (Å²) in [5.41, 5.74) is -2.43. The standard InChI is InChI=1S/C57H96O33/c1-55-13-5-4-7-23(81-48(78)44(32(66)24(64)11-17-58)86-50-42(76)38(72)34(68)26(19-60)82-50)8-9-30(55)56(2)14-6-15-57(3,31(56)10-16-55)54(80)90-49(79)45(33(67)25(65)12-18-59)87-52-47(41(75)37(71)28(21-62)84-52)89-53-46(40(74)36(70)29(22-63)85-53)88-51-43(77)39(73)35(69)27(20-61)83-51/h23-31,34-43,46-53,58-79H,4-22H2,1-3H3/b44-32-,45-33-/t23?,24?,25?,26?,27?,28?,29?,30-,31?,34?,35?,36?,37?,38?,39?,40?,41?,42?,43?,46?,47?,48?,49?,50?,51?,52?,53?,55+,56+,57-/m1/s1. The van der Waals surface area contributed by atoms with Crippen molar-refractivity contribution in [1.29, 1.82) is 0 Å². The number of carbonyl (C=O) groups is 1. The molecule has 4 aliphatic heterocycles. The fourth-order valence-corrected chi connectivity index (χ4v) is 14.6. The number of carbonyl (C=O) groups excluding carboxylic acids is 1.